The lowest BCUT2D eigenvalue weighted by Gasteiger charge is -2.41. The minimum absolute atomic E-state index is 0.0650. The molecule has 1 amide bonds. The quantitative estimate of drug-likeness (QED) is 0.487. The number of aromatic nitrogens is 1. The molecule has 1 heterocycles. The van der Waals surface area contributed by atoms with Crippen LogP contribution < -0.4 is 0 Å². The summed E-state index contributed by atoms with van der Waals surface area (Å²) < 4.78 is 6.81. The molecule has 1 unspecified atom stereocenters. The van der Waals surface area contributed by atoms with Gasteiger partial charge in [-0.3, -0.25) is 9.59 Å². The third-order valence-electron chi connectivity index (χ3n) is 7.18. The molecule has 0 radical (unpaired) electrons. The van der Waals surface area contributed by atoms with Crippen molar-refractivity contribution in [3.63, 3.8) is 0 Å². The summed E-state index contributed by atoms with van der Waals surface area (Å²) in [6.45, 7) is 8.08. The van der Waals surface area contributed by atoms with Gasteiger partial charge in [0.1, 0.15) is 5.69 Å². The predicted octanol–water partition coefficient (Wildman–Crippen LogP) is 4.44. The second kappa shape index (κ2) is 9.36. The number of esters is 1. The lowest BCUT2D eigenvalue weighted by Crippen LogP contribution is -2.53. The summed E-state index contributed by atoms with van der Waals surface area (Å²) >= 11 is 0. The maximum Gasteiger partial charge on any atom is 0.354 e. The highest BCUT2D eigenvalue weighted by Crippen LogP contribution is 2.34. The number of Topliss-reactive ketones (excluding diaryl/α,β-unsaturated/α-hetero) is 1. The van der Waals surface area contributed by atoms with Crippen molar-refractivity contribution in [2.45, 2.75) is 97.7 Å². The Kier molecular flexibility index (Phi) is 7.04. The van der Waals surface area contributed by atoms with Crippen LogP contribution in [0.1, 0.15) is 97.3 Å². The first kappa shape index (κ1) is 22.6. The van der Waals surface area contributed by atoms with Gasteiger partial charge in [0.25, 0.3) is 0 Å². The summed E-state index contributed by atoms with van der Waals surface area (Å²) in [4.78, 5) is 41.4. The van der Waals surface area contributed by atoms with Crippen LogP contribution in [0.15, 0.2) is 0 Å². The number of carbonyl (C=O) groups excluding carboxylic acids is 3. The van der Waals surface area contributed by atoms with Gasteiger partial charge in [-0.05, 0) is 58.9 Å². The molecule has 166 valence electrons. The first-order valence-corrected chi connectivity index (χ1v) is 11.5. The number of rotatable bonds is 7. The van der Waals surface area contributed by atoms with Gasteiger partial charge in [-0.25, -0.2) is 4.79 Å². The third kappa shape index (κ3) is 3.93. The molecule has 0 saturated heterocycles. The fraction of sp³-hybridized carbons (Fsp3) is 0.708. The molecule has 0 spiro atoms. The Labute approximate surface area is 179 Å². The summed E-state index contributed by atoms with van der Waals surface area (Å²) in [7, 11) is 1.36. The van der Waals surface area contributed by atoms with Crippen molar-refractivity contribution in [1.29, 1.82) is 0 Å². The molecule has 2 saturated carbocycles. The molecule has 1 aromatic heterocycles. The molecule has 3 rings (SSSR count). The minimum atomic E-state index is -0.531. The molecule has 0 bridgehead atoms. The zero-order chi connectivity index (χ0) is 22.0. The van der Waals surface area contributed by atoms with Crippen LogP contribution in [-0.2, 0) is 16.1 Å². The number of nitrogens with zero attached hydrogens (tertiary/aromatic N) is 2. The number of ether oxygens (including phenoxy) is 1. The predicted molar refractivity (Wildman–Crippen MR) is 116 cm³/mol. The molecule has 6 heteroatoms. The average molecular weight is 417 g/mol. The van der Waals surface area contributed by atoms with Gasteiger partial charge in [0.15, 0.2) is 5.78 Å². The molecule has 2 aliphatic rings. The van der Waals surface area contributed by atoms with Crippen LogP contribution in [0.5, 0.6) is 0 Å². The van der Waals surface area contributed by atoms with E-state index in [4.69, 9.17) is 4.74 Å². The van der Waals surface area contributed by atoms with E-state index in [2.05, 4.69) is 0 Å². The Morgan fingerprint density at radius 2 is 1.70 bits per heavy atom. The van der Waals surface area contributed by atoms with E-state index < -0.39 is 12.0 Å². The number of carbonyl (C=O) groups is 3. The highest BCUT2D eigenvalue weighted by atomic mass is 16.5. The maximum absolute atomic E-state index is 13.7. The molecule has 2 aliphatic carbocycles. The maximum atomic E-state index is 13.7. The number of ketones is 1. The zero-order valence-electron chi connectivity index (χ0n) is 19.1. The molecule has 0 N–H and O–H groups in total. The van der Waals surface area contributed by atoms with Crippen molar-refractivity contribution >= 4 is 17.7 Å². The van der Waals surface area contributed by atoms with E-state index in [0.29, 0.717) is 23.4 Å². The summed E-state index contributed by atoms with van der Waals surface area (Å²) in [5.41, 5.74) is 2.42. The van der Waals surface area contributed by atoms with Crippen LogP contribution in [0.4, 0.5) is 0 Å². The molecule has 0 aliphatic heterocycles. The first-order valence-electron chi connectivity index (χ1n) is 11.5. The summed E-state index contributed by atoms with van der Waals surface area (Å²) in [5.74, 6) is -0.290. The Balaban J connectivity index is 1.98. The Morgan fingerprint density at radius 1 is 1.07 bits per heavy atom. The monoisotopic (exact) mass is 416 g/mol. The Hall–Kier alpha value is -2.11. The highest BCUT2D eigenvalue weighted by molar-refractivity contribution is 6.06. The molecule has 0 aromatic carbocycles. The summed E-state index contributed by atoms with van der Waals surface area (Å²) in [6, 6.07) is -0.392. The van der Waals surface area contributed by atoms with Gasteiger partial charge in [0, 0.05) is 29.8 Å². The smallest absolute Gasteiger partial charge is 0.354 e. The molecule has 6 nitrogen and oxygen atoms in total. The van der Waals surface area contributed by atoms with E-state index in [1.165, 1.54) is 13.5 Å². The highest BCUT2D eigenvalue weighted by Gasteiger charge is 2.40. The van der Waals surface area contributed by atoms with Crippen LogP contribution in [0.2, 0.25) is 0 Å². The Morgan fingerprint density at radius 3 is 2.20 bits per heavy atom. The largest absolute Gasteiger partial charge is 0.464 e. The fourth-order valence-electron chi connectivity index (χ4n) is 5.26. The second-order valence-corrected chi connectivity index (χ2v) is 8.88. The molecular weight excluding hydrogens is 380 g/mol. The van der Waals surface area contributed by atoms with Gasteiger partial charge in [-0.2, -0.15) is 0 Å². The van der Waals surface area contributed by atoms with Gasteiger partial charge in [0.05, 0.1) is 13.2 Å². The standard InChI is InChI=1S/C24H36N2O4/c1-6-25-16(3)20(15(2)21(25)24(29)30-5)22(27)17(4)26(19-13-8-7-9-14-19)23(28)18-11-10-12-18/h17-19H,6-14H2,1-5H3. The first-order chi connectivity index (χ1) is 14.3. The van der Waals surface area contributed by atoms with Crippen LogP contribution in [0.25, 0.3) is 0 Å². The van der Waals surface area contributed by atoms with Crippen molar-refractivity contribution in [2.75, 3.05) is 7.11 Å². The van der Waals surface area contributed by atoms with Crippen LogP contribution in [0.3, 0.4) is 0 Å². The lowest BCUT2D eigenvalue weighted by atomic mass is 9.82. The molecule has 1 atom stereocenters. The van der Waals surface area contributed by atoms with Crippen molar-refractivity contribution in [3.05, 3.63) is 22.5 Å². The normalized spacial score (nSPS) is 18.6. The summed E-state index contributed by atoms with van der Waals surface area (Å²) in [5, 5.41) is 0. The SMILES string of the molecule is CCn1c(C)c(C(=O)C(C)N(C(=O)C2CCC2)C2CCCCC2)c(C)c1C(=O)OC. The second-order valence-electron chi connectivity index (χ2n) is 8.88. The van der Waals surface area contributed by atoms with Crippen LogP contribution in [-0.4, -0.2) is 46.3 Å². The van der Waals surface area contributed by atoms with E-state index >= 15 is 0 Å². The van der Waals surface area contributed by atoms with Gasteiger partial charge < -0.3 is 14.2 Å². The van der Waals surface area contributed by atoms with E-state index in [0.717, 1.165) is 50.6 Å². The van der Waals surface area contributed by atoms with Gasteiger partial charge >= 0.3 is 5.97 Å². The van der Waals surface area contributed by atoms with Crippen molar-refractivity contribution in [1.82, 2.24) is 9.47 Å². The molecule has 1 aromatic rings. The van der Waals surface area contributed by atoms with E-state index in [1.54, 1.807) is 0 Å². The molecular formula is C24H36N2O4. The zero-order valence-corrected chi connectivity index (χ0v) is 19.1. The van der Waals surface area contributed by atoms with Crippen molar-refractivity contribution in [3.8, 4) is 0 Å². The topological polar surface area (TPSA) is 68.6 Å². The average Bonchev–Trinajstić information content (AvgIpc) is 2.95. The third-order valence-corrected chi connectivity index (χ3v) is 7.18. The number of hydrogen-bond donors (Lipinski definition) is 0. The number of amides is 1. The lowest BCUT2D eigenvalue weighted by molar-refractivity contribution is -0.142. The summed E-state index contributed by atoms with van der Waals surface area (Å²) in [6.07, 6.45) is 8.31. The number of hydrogen-bond acceptors (Lipinski definition) is 4. The Bertz CT molecular complexity index is 816. The van der Waals surface area contributed by atoms with Crippen LogP contribution in [0, 0.1) is 19.8 Å². The van der Waals surface area contributed by atoms with Gasteiger partial charge in [-0.15, -0.1) is 0 Å². The fourth-order valence-corrected chi connectivity index (χ4v) is 5.26. The van der Waals surface area contributed by atoms with Crippen molar-refractivity contribution in [2.24, 2.45) is 5.92 Å². The van der Waals surface area contributed by atoms with E-state index in [-0.39, 0.29) is 23.7 Å². The van der Waals surface area contributed by atoms with E-state index in [1.807, 2.05) is 37.2 Å². The number of methoxy groups -OCH3 is 1. The van der Waals surface area contributed by atoms with Crippen LogP contribution >= 0.6 is 0 Å². The minimum Gasteiger partial charge on any atom is -0.464 e. The molecule has 30 heavy (non-hydrogen) atoms. The van der Waals surface area contributed by atoms with Gasteiger partial charge in [0.2, 0.25) is 5.91 Å². The van der Waals surface area contributed by atoms with E-state index in [9.17, 15) is 14.4 Å². The molecule has 2 fully saturated rings. The van der Waals surface area contributed by atoms with Crippen molar-refractivity contribution < 1.29 is 19.1 Å². The van der Waals surface area contributed by atoms with Gasteiger partial charge in [-0.1, -0.05) is 25.7 Å².